The first-order valence-electron chi connectivity index (χ1n) is 7.04. The van der Waals surface area contributed by atoms with E-state index >= 15 is 0 Å². The molecular weight excluding hydrogens is 266 g/mol. The average molecular weight is 287 g/mol. The number of benzene rings is 1. The smallest absolute Gasteiger partial charge is 0.225 e. The van der Waals surface area contributed by atoms with E-state index in [1.165, 1.54) is 5.56 Å². The van der Waals surface area contributed by atoms with Gasteiger partial charge in [-0.2, -0.15) is 5.10 Å². The molecule has 2 aromatic rings. The molecule has 0 saturated heterocycles. The van der Waals surface area contributed by atoms with Crippen LogP contribution >= 0.6 is 0 Å². The molecule has 0 aliphatic heterocycles. The zero-order valence-electron chi connectivity index (χ0n) is 12.7. The van der Waals surface area contributed by atoms with Crippen LogP contribution < -0.4 is 10.1 Å². The Morgan fingerprint density at radius 1 is 1.29 bits per heavy atom. The molecule has 0 radical (unpaired) electrons. The maximum atomic E-state index is 11.8. The summed E-state index contributed by atoms with van der Waals surface area (Å²) in [5.41, 5.74) is 2.09. The number of rotatable bonds is 6. The first-order valence-corrected chi connectivity index (χ1v) is 7.04. The van der Waals surface area contributed by atoms with Crippen molar-refractivity contribution in [1.82, 2.24) is 9.78 Å². The van der Waals surface area contributed by atoms with Crippen LogP contribution in [0.5, 0.6) is 5.75 Å². The predicted octanol–water partition coefficient (Wildman–Crippen LogP) is 2.83. The number of ether oxygens (including phenoxy) is 1. The number of carbonyl (C=O) groups excluding carboxylic acids is 1. The molecule has 0 bridgehead atoms. The Morgan fingerprint density at radius 3 is 2.62 bits per heavy atom. The van der Waals surface area contributed by atoms with Gasteiger partial charge in [-0.1, -0.05) is 17.7 Å². The lowest BCUT2D eigenvalue weighted by atomic mass is 10.2. The number of nitrogens with zero attached hydrogens (tertiary/aromatic N) is 2. The van der Waals surface area contributed by atoms with Crippen molar-refractivity contribution in [3.63, 3.8) is 0 Å². The molecule has 1 amide bonds. The van der Waals surface area contributed by atoms with Gasteiger partial charge in [0.2, 0.25) is 5.91 Å². The summed E-state index contributed by atoms with van der Waals surface area (Å²) in [5, 5.41) is 7.03. The van der Waals surface area contributed by atoms with E-state index in [0.717, 1.165) is 17.3 Å². The molecule has 0 aliphatic rings. The van der Waals surface area contributed by atoms with Crippen LogP contribution in [0.25, 0.3) is 0 Å². The van der Waals surface area contributed by atoms with Gasteiger partial charge < -0.3 is 10.1 Å². The van der Waals surface area contributed by atoms with E-state index in [9.17, 15) is 4.79 Å². The molecule has 21 heavy (non-hydrogen) atoms. The summed E-state index contributed by atoms with van der Waals surface area (Å²) in [7, 11) is 1.81. The molecule has 0 unspecified atom stereocenters. The fraction of sp³-hybridized carbons (Fsp3) is 0.375. The topological polar surface area (TPSA) is 56.1 Å². The Morgan fingerprint density at radius 2 is 2.00 bits per heavy atom. The van der Waals surface area contributed by atoms with E-state index in [2.05, 4.69) is 10.4 Å². The highest BCUT2D eigenvalue weighted by molar-refractivity contribution is 5.89. The van der Waals surface area contributed by atoms with Gasteiger partial charge in [-0.25, -0.2) is 0 Å². The van der Waals surface area contributed by atoms with E-state index in [-0.39, 0.29) is 5.91 Å². The molecule has 5 heteroatoms. The van der Waals surface area contributed by atoms with Crippen LogP contribution in [-0.4, -0.2) is 22.3 Å². The zero-order chi connectivity index (χ0) is 15.2. The maximum absolute atomic E-state index is 11.8. The Kier molecular flexibility index (Phi) is 4.98. The number of nitrogens with one attached hydrogen (secondary N) is 1. The fourth-order valence-electron chi connectivity index (χ4n) is 1.99. The monoisotopic (exact) mass is 287 g/mol. The Hall–Kier alpha value is -2.30. The Balaban J connectivity index is 1.70. The van der Waals surface area contributed by atoms with Gasteiger partial charge in [0.15, 0.2) is 0 Å². The first-order chi connectivity index (χ1) is 10.0. The minimum absolute atomic E-state index is 0.0227. The average Bonchev–Trinajstić information content (AvgIpc) is 2.75. The third-order valence-corrected chi connectivity index (χ3v) is 3.11. The molecular formula is C16H21N3O2. The normalized spacial score (nSPS) is 10.4. The number of amides is 1. The second kappa shape index (κ2) is 6.92. The van der Waals surface area contributed by atoms with Crippen molar-refractivity contribution in [2.24, 2.45) is 7.05 Å². The van der Waals surface area contributed by atoms with Gasteiger partial charge in [0.25, 0.3) is 0 Å². The summed E-state index contributed by atoms with van der Waals surface area (Å²) >= 11 is 0. The van der Waals surface area contributed by atoms with Crippen LogP contribution in [0, 0.1) is 13.8 Å². The fourth-order valence-corrected chi connectivity index (χ4v) is 1.99. The van der Waals surface area contributed by atoms with E-state index in [1.54, 1.807) is 4.68 Å². The molecule has 0 atom stereocenters. The second-order valence-electron chi connectivity index (χ2n) is 5.11. The van der Waals surface area contributed by atoms with E-state index < -0.39 is 0 Å². The lowest BCUT2D eigenvalue weighted by molar-refractivity contribution is -0.116. The molecule has 5 nitrogen and oxygen atoms in total. The third kappa shape index (κ3) is 4.63. The van der Waals surface area contributed by atoms with Crippen LogP contribution in [0.2, 0.25) is 0 Å². The number of anilines is 1. The second-order valence-corrected chi connectivity index (χ2v) is 5.11. The molecule has 1 N–H and O–H groups in total. The van der Waals surface area contributed by atoms with E-state index in [0.29, 0.717) is 19.4 Å². The lowest BCUT2D eigenvalue weighted by Gasteiger charge is -2.07. The maximum Gasteiger partial charge on any atom is 0.225 e. The lowest BCUT2D eigenvalue weighted by Crippen LogP contribution is -2.15. The van der Waals surface area contributed by atoms with Crippen molar-refractivity contribution in [2.45, 2.75) is 26.7 Å². The van der Waals surface area contributed by atoms with Crippen LogP contribution in [-0.2, 0) is 11.8 Å². The highest BCUT2D eigenvalue weighted by Crippen LogP contribution is 2.12. The van der Waals surface area contributed by atoms with Crippen molar-refractivity contribution in [1.29, 1.82) is 0 Å². The SMILES string of the molecule is Cc1ccc(OCCCC(=O)Nc2cc(C)nn2C)cc1. The molecule has 112 valence electrons. The Bertz CT molecular complexity index is 602. The third-order valence-electron chi connectivity index (χ3n) is 3.11. The van der Waals surface area contributed by atoms with E-state index in [1.807, 2.05) is 51.2 Å². The molecule has 0 spiro atoms. The van der Waals surface area contributed by atoms with Gasteiger partial charge in [-0.05, 0) is 32.4 Å². The molecule has 1 aromatic heterocycles. The van der Waals surface area contributed by atoms with Crippen LogP contribution in [0.15, 0.2) is 30.3 Å². The summed E-state index contributed by atoms with van der Waals surface area (Å²) in [4.78, 5) is 11.8. The van der Waals surface area contributed by atoms with Crippen molar-refractivity contribution in [3.8, 4) is 5.75 Å². The number of hydrogen-bond donors (Lipinski definition) is 1. The number of carbonyl (C=O) groups is 1. The minimum Gasteiger partial charge on any atom is -0.494 e. The highest BCUT2D eigenvalue weighted by atomic mass is 16.5. The summed E-state index contributed by atoms with van der Waals surface area (Å²) in [5.74, 6) is 1.53. The van der Waals surface area contributed by atoms with E-state index in [4.69, 9.17) is 4.74 Å². The predicted molar refractivity (Wildman–Crippen MR) is 82.5 cm³/mol. The van der Waals surface area contributed by atoms with Gasteiger partial charge in [-0.3, -0.25) is 9.48 Å². The quantitative estimate of drug-likeness (QED) is 0.831. The standard InChI is InChI=1S/C16H21N3O2/c1-12-6-8-14(9-7-12)21-10-4-5-16(20)17-15-11-13(2)18-19(15)3/h6-9,11H,4-5,10H2,1-3H3,(H,17,20). The highest BCUT2D eigenvalue weighted by Gasteiger charge is 2.06. The Labute approximate surface area is 124 Å². The van der Waals surface area contributed by atoms with Crippen LogP contribution in [0.1, 0.15) is 24.1 Å². The van der Waals surface area contributed by atoms with Crippen LogP contribution in [0.3, 0.4) is 0 Å². The number of hydrogen-bond acceptors (Lipinski definition) is 3. The first kappa shape index (κ1) is 15.1. The molecule has 0 fully saturated rings. The molecule has 0 aliphatic carbocycles. The van der Waals surface area contributed by atoms with Crippen molar-refractivity contribution in [2.75, 3.05) is 11.9 Å². The zero-order valence-corrected chi connectivity index (χ0v) is 12.7. The van der Waals surface area contributed by atoms with Crippen LogP contribution in [0.4, 0.5) is 5.82 Å². The van der Waals surface area contributed by atoms with Gasteiger partial charge in [0.05, 0.1) is 12.3 Å². The van der Waals surface area contributed by atoms with Crippen molar-refractivity contribution in [3.05, 3.63) is 41.6 Å². The summed E-state index contributed by atoms with van der Waals surface area (Å²) in [6.07, 6.45) is 1.10. The summed E-state index contributed by atoms with van der Waals surface area (Å²) < 4.78 is 7.25. The molecule has 2 rings (SSSR count). The van der Waals surface area contributed by atoms with Gasteiger partial charge in [-0.15, -0.1) is 0 Å². The summed E-state index contributed by atoms with van der Waals surface area (Å²) in [6.45, 7) is 4.46. The molecule has 1 heterocycles. The summed E-state index contributed by atoms with van der Waals surface area (Å²) in [6, 6.07) is 9.74. The minimum atomic E-state index is -0.0227. The number of aryl methyl sites for hydroxylation is 3. The molecule has 1 aromatic carbocycles. The van der Waals surface area contributed by atoms with Gasteiger partial charge in [0.1, 0.15) is 11.6 Å². The van der Waals surface area contributed by atoms with Gasteiger partial charge in [0, 0.05) is 19.5 Å². The van der Waals surface area contributed by atoms with Crippen molar-refractivity contribution < 1.29 is 9.53 Å². The van der Waals surface area contributed by atoms with Gasteiger partial charge >= 0.3 is 0 Å². The largest absolute Gasteiger partial charge is 0.494 e. The number of aromatic nitrogens is 2. The van der Waals surface area contributed by atoms with Crippen molar-refractivity contribution >= 4 is 11.7 Å². The molecule has 0 saturated carbocycles.